The Labute approximate surface area is 210 Å². The van der Waals surface area contributed by atoms with Gasteiger partial charge in [0.15, 0.2) is 0 Å². The van der Waals surface area contributed by atoms with E-state index in [4.69, 9.17) is 0 Å². The normalized spacial score (nSPS) is 11.4. The van der Waals surface area contributed by atoms with Crippen molar-refractivity contribution in [1.82, 2.24) is 9.44 Å². The lowest BCUT2D eigenvalue weighted by Gasteiger charge is -2.15. The number of benzene rings is 3. The highest BCUT2D eigenvalue weighted by Gasteiger charge is 2.20. The van der Waals surface area contributed by atoms with E-state index in [-0.39, 0.29) is 9.79 Å². The molecule has 12 heteroatoms. The first kappa shape index (κ1) is 26.7. The summed E-state index contributed by atoms with van der Waals surface area (Å²) in [5.41, 5.74) is 3.37. The van der Waals surface area contributed by atoms with Gasteiger partial charge in [0, 0.05) is 11.4 Å². The summed E-state index contributed by atoms with van der Waals surface area (Å²) in [6.45, 7) is 6.89. The Morgan fingerprint density at radius 3 is 1.17 bits per heavy atom. The summed E-state index contributed by atoms with van der Waals surface area (Å²) >= 11 is 0. The van der Waals surface area contributed by atoms with E-state index < -0.39 is 32.1 Å². The van der Waals surface area contributed by atoms with E-state index in [1.54, 1.807) is 38.1 Å². The summed E-state index contributed by atoms with van der Waals surface area (Å²) < 4.78 is 53.6. The van der Waals surface area contributed by atoms with Crippen molar-refractivity contribution in [3.63, 3.8) is 0 Å². The minimum atomic E-state index is -4.07. The fourth-order valence-corrected chi connectivity index (χ4v) is 4.99. The summed E-state index contributed by atoms with van der Waals surface area (Å²) in [5, 5.41) is 4.96. The largest absolute Gasteiger partial charge is 0.333 e. The first-order chi connectivity index (χ1) is 16.8. The summed E-state index contributed by atoms with van der Waals surface area (Å²) in [4.78, 5) is 24.6. The third-order valence-electron chi connectivity index (χ3n) is 5.18. The number of sulfonamides is 2. The molecular weight excluding hydrogens is 504 g/mol. The lowest BCUT2D eigenvalue weighted by Crippen LogP contribution is -2.35. The third kappa shape index (κ3) is 6.61. The van der Waals surface area contributed by atoms with Crippen LogP contribution in [0.1, 0.15) is 22.3 Å². The van der Waals surface area contributed by atoms with E-state index in [0.717, 1.165) is 11.1 Å². The minimum absolute atomic E-state index is 0.0534. The average molecular weight is 531 g/mol. The Kier molecular flexibility index (Phi) is 7.70. The van der Waals surface area contributed by atoms with Crippen molar-refractivity contribution < 1.29 is 26.4 Å². The standard InChI is InChI=1S/C24H26N4O6S2/c1-15-5-9-19(10-6-15)35(31,32)27-23(29)25-21-13-18(4)22(14-17(21)3)26-24(30)28-36(33,34)20-11-7-16(2)8-12-20/h5-14H,1-4H3,(H2,25,27,29)(H2,26,28,30). The molecular formula is C24H26N4O6S2. The molecule has 0 heterocycles. The summed E-state index contributed by atoms with van der Waals surface area (Å²) in [6, 6.07) is 13.2. The molecule has 0 aromatic heterocycles. The maximum atomic E-state index is 12.4. The van der Waals surface area contributed by atoms with Crippen molar-refractivity contribution in [3.8, 4) is 0 Å². The second-order valence-corrected chi connectivity index (χ2v) is 11.6. The van der Waals surface area contributed by atoms with Crippen LogP contribution in [-0.4, -0.2) is 28.9 Å². The molecule has 0 saturated carbocycles. The van der Waals surface area contributed by atoms with Crippen molar-refractivity contribution in [2.75, 3.05) is 10.6 Å². The van der Waals surface area contributed by atoms with Gasteiger partial charge in [-0.2, -0.15) is 0 Å². The molecule has 0 saturated heterocycles. The topological polar surface area (TPSA) is 151 Å². The molecule has 3 aromatic rings. The number of nitrogens with one attached hydrogen (secondary N) is 4. The van der Waals surface area contributed by atoms with Gasteiger partial charge in [0.25, 0.3) is 20.0 Å². The zero-order chi connectivity index (χ0) is 26.7. The van der Waals surface area contributed by atoms with Gasteiger partial charge in [0.2, 0.25) is 0 Å². The zero-order valence-electron chi connectivity index (χ0n) is 20.0. The lowest BCUT2D eigenvalue weighted by atomic mass is 10.1. The first-order valence-corrected chi connectivity index (χ1v) is 13.7. The Balaban J connectivity index is 1.68. The van der Waals surface area contributed by atoms with E-state index >= 15 is 0 Å². The predicted molar refractivity (Wildman–Crippen MR) is 137 cm³/mol. The van der Waals surface area contributed by atoms with Crippen molar-refractivity contribution in [2.45, 2.75) is 37.5 Å². The maximum Gasteiger partial charge on any atom is 0.333 e. The highest BCUT2D eigenvalue weighted by Crippen LogP contribution is 2.25. The molecule has 0 unspecified atom stereocenters. The average Bonchev–Trinajstić information content (AvgIpc) is 2.77. The molecule has 0 radical (unpaired) electrons. The van der Waals surface area contributed by atoms with Crippen LogP contribution >= 0.6 is 0 Å². The van der Waals surface area contributed by atoms with Gasteiger partial charge in [0.05, 0.1) is 9.79 Å². The minimum Gasteiger partial charge on any atom is -0.307 e. The quantitative estimate of drug-likeness (QED) is 0.379. The number of carbonyl (C=O) groups excluding carboxylic acids is 2. The van der Waals surface area contributed by atoms with Gasteiger partial charge >= 0.3 is 12.1 Å². The van der Waals surface area contributed by atoms with Gasteiger partial charge in [0.1, 0.15) is 0 Å². The molecule has 36 heavy (non-hydrogen) atoms. The Morgan fingerprint density at radius 2 is 0.861 bits per heavy atom. The molecule has 3 rings (SSSR count). The number of amides is 4. The lowest BCUT2D eigenvalue weighted by molar-refractivity contribution is 0.255. The maximum absolute atomic E-state index is 12.4. The summed E-state index contributed by atoms with van der Waals surface area (Å²) in [6.07, 6.45) is 0. The van der Waals surface area contributed by atoms with Crippen LogP contribution in [0.25, 0.3) is 0 Å². The van der Waals surface area contributed by atoms with Gasteiger partial charge in [-0.05, 0) is 75.2 Å². The molecule has 0 spiro atoms. The molecule has 0 fully saturated rings. The van der Waals surface area contributed by atoms with Crippen molar-refractivity contribution in [3.05, 3.63) is 82.9 Å². The third-order valence-corrected chi connectivity index (χ3v) is 7.88. The van der Waals surface area contributed by atoms with Crippen molar-refractivity contribution >= 4 is 43.5 Å². The molecule has 4 amide bonds. The Hall–Kier alpha value is -3.90. The predicted octanol–water partition coefficient (Wildman–Crippen LogP) is 3.94. The molecule has 10 nitrogen and oxygen atoms in total. The van der Waals surface area contributed by atoms with Crippen LogP contribution < -0.4 is 20.1 Å². The van der Waals surface area contributed by atoms with Crippen LogP contribution in [0.5, 0.6) is 0 Å². The van der Waals surface area contributed by atoms with E-state index in [0.29, 0.717) is 22.5 Å². The zero-order valence-corrected chi connectivity index (χ0v) is 21.7. The summed E-state index contributed by atoms with van der Waals surface area (Å²) in [5.74, 6) is 0. The highest BCUT2D eigenvalue weighted by molar-refractivity contribution is 7.90. The van der Waals surface area contributed by atoms with Gasteiger partial charge in [-0.25, -0.2) is 35.9 Å². The number of hydrogen-bond donors (Lipinski definition) is 4. The number of aryl methyl sites for hydroxylation is 4. The number of hydrogen-bond acceptors (Lipinski definition) is 6. The second kappa shape index (κ2) is 10.4. The van der Waals surface area contributed by atoms with E-state index in [1.165, 1.54) is 36.4 Å². The molecule has 190 valence electrons. The molecule has 0 atom stereocenters. The second-order valence-electron chi connectivity index (χ2n) is 8.23. The number of rotatable bonds is 6. The Bertz CT molecular complexity index is 1400. The highest BCUT2D eigenvalue weighted by atomic mass is 32.2. The van der Waals surface area contributed by atoms with Crippen molar-refractivity contribution in [2.24, 2.45) is 0 Å². The number of urea groups is 2. The van der Waals surface area contributed by atoms with Crippen LogP contribution in [0, 0.1) is 27.7 Å². The van der Waals surface area contributed by atoms with E-state index in [9.17, 15) is 26.4 Å². The van der Waals surface area contributed by atoms with Crippen LogP contribution in [0.15, 0.2) is 70.5 Å². The first-order valence-electron chi connectivity index (χ1n) is 10.7. The monoisotopic (exact) mass is 530 g/mol. The smallest absolute Gasteiger partial charge is 0.307 e. The summed E-state index contributed by atoms with van der Waals surface area (Å²) in [7, 11) is -8.14. The van der Waals surface area contributed by atoms with Crippen LogP contribution in [-0.2, 0) is 20.0 Å². The molecule has 0 aliphatic rings. The van der Waals surface area contributed by atoms with Crippen molar-refractivity contribution in [1.29, 1.82) is 0 Å². The van der Waals surface area contributed by atoms with E-state index in [1.807, 2.05) is 23.3 Å². The van der Waals surface area contributed by atoms with E-state index in [2.05, 4.69) is 10.6 Å². The van der Waals surface area contributed by atoms with Crippen LogP contribution in [0.2, 0.25) is 0 Å². The van der Waals surface area contributed by atoms with Crippen LogP contribution in [0.4, 0.5) is 21.0 Å². The number of anilines is 2. The van der Waals surface area contributed by atoms with Gasteiger partial charge < -0.3 is 10.6 Å². The number of carbonyl (C=O) groups is 2. The van der Waals surface area contributed by atoms with Gasteiger partial charge in [-0.3, -0.25) is 0 Å². The van der Waals surface area contributed by atoms with Crippen LogP contribution in [0.3, 0.4) is 0 Å². The van der Waals surface area contributed by atoms with Gasteiger partial charge in [-0.15, -0.1) is 0 Å². The molecule has 0 bridgehead atoms. The molecule has 0 aliphatic carbocycles. The SMILES string of the molecule is Cc1ccc(S(=O)(=O)NC(=O)Nc2cc(C)c(NC(=O)NS(=O)(=O)c3ccc(C)cc3)cc2C)cc1. The fourth-order valence-electron chi connectivity index (χ4n) is 3.18. The Morgan fingerprint density at radius 1 is 0.556 bits per heavy atom. The fraction of sp³-hybridized carbons (Fsp3) is 0.167. The molecule has 0 aliphatic heterocycles. The molecule has 3 aromatic carbocycles. The van der Waals surface area contributed by atoms with Gasteiger partial charge in [-0.1, -0.05) is 35.4 Å². The molecule has 4 N–H and O–H groups in total.